The summed E-state index contributed by atoms with van der Waals surface area (Å²) in [5.41, 5.74) is 7.63. The number of amides is 3. The highest BCUT2D eigenvalue weighted by atomic mass is 16.5. The minimum absolute atomic E-state index is 0.0101. The first-order chi connectivity index (χ1) is 19.3. The minimum Gasteiger partial charge on any atom is -0.489 e. The average Bonchev–Trinajstić information content (AvgIpc) is 2.98. The number of hydrogen-bond acceptors (Lipinski definition) is 6. The first-order valence-corrected chi connectivity index (χ1v) is 13.3. The quantitative estimate of drug-likeness (QED) is 0.197. The van der Waals surface area contributed by atoms with Gasteiger partial charge in [0.2, 0.25) is 17.7 Å². The van der Waals surface area contributed by atoms with E-state index in [2.05, 4.69) is 10.6 Å². The standard InChI is InChI=1S/C31H37N3O6/c1-21(30(32)38)12-17-28(36)33-26(31(39)34-27(19-35)29(37)24-10-6-3-7-11-24)18-22-13-15-25(16-14-22)40-20-23-8-4-2-5-9-23/h2-11,13-16,21,26-27,29,35,37H,12,17-20H2,1H3,(H2,32,38)(H,33,36)(H,34,39). The predicted octanol–water partition coefficient (Wildman–Crippen LogP) is 2.41. The van der Waals surface area contributed by atoms with Crippen LogP contribution in [0.5, 0.6) is 5.75 Å². The Morgan fingerprint density at radius 2 is 1.50 bits per heavy atom. The Hall–Kier alpha value is -4.21. The SMILES string of the molecule is CC(CCC(=O)NC(Cc1ccc(OCc2ccccc2)cc1)C(=O)NC(CO)C(O)c1ccccc1)C(N)=O. The van der Waals surface area contributed by atoms with Crippen LogP contribution in [-0.2, 0) is 27.4 Å². The second-order valence-corrected chi connectivity index (χ2v) is 9.74. The molecule has 0 spiro atoms. The highest BCUT2D eigenvalue weighted by Gasteiger charge is 2.28. The summed E-state index contributed by atoms with van der Waals surface area (Å²) in [6, 6.07) is 23.7. The summed E-state index contributed by atoms with van der Waals surface area (Å²) >= 11 is 0. The molecule has 0 saturated heterocycles. The van der Waals surface area contributed by atoms with Gasteiger partial charge in [-0.05, 0) is 35.2 Å². The molecule has 0 aromatic heterocycles. The van der Waals surface area contributed by atoms with Gasteiger partial charge in [-0.15, -0.1) is 0 Å². The van der Waals surface area contributed by atoms with E-state index in [1.165, 1.54) is 0 Å². The van der Waals surface area contributed by atoms with Gasteiger partial charge in [0, 0.05) is 18.8 Å². The Balaban J connectivity index is 1.69. The van der Waals surface area contributed by atoms with E-state index in [4.69, 9.17) is 10.5 Å². The van der Waals surface area contributed by atoms with Gasteiger partial charge < -0.3 is 31.3 Å². The van der Waals surface area contributed by atoms with Crippen molar-refractivity contribution in [1.29, 1.82) is 0 Å². The normalized spacial score (nSPS) is 13.9. The third-order valence-corrected chi connectivity index (χ3v) is 6.60. The van der Waals surface area contributed by atoms with E-state index in [1.807, 2.05) is 42.5 Å². The number of hydrogen-bond donors (Lipinski definition) is 5. The fourth-order valence-electron chi connectivity index (χ4n) is 4.05. The summed E-state index contributed by atoms with van der Waals surface area (Å²) in [6.07, 6.45) is -0.740. The van der Waals surface area contributed by atoms with Gasteiger partial charge in [0.15, 0.2) is 0 Å². The number of benzene rings is 3. The molecule has 0 heterocycles. The zero-order valence-corrected chi connectivity index (χ0v) is 22.5. The fraction of sp³-hybridized carbons (Fsp3) is 0.323. The number of ether oxygens (including phenoxy) is 1. The molecule has 0 bridgehead atoms. The van der Waals surface area contributed by atoms with E-state index >= 15 is 0 Å². The molecule has 0 saturated carbocycles. The van der Waals surface area contributed by atoms with Crippen LogP contribution >= 0.6 is 0 Å². The number of primary amides is 1. The number of carbonyl (C=O) groups excluding carboxylic acids is 3. The summed E-state index contributed by atoms with van der Waals surface area (Å²) in [6.45, 7) is 1.54. The molecule has 212 valence electrons. The molecule has 4 unspecified atom stereocenters. The van der Waals surface area contributed by atoms with Crippen molar-refractivity contribution in [3.63, 3.8) is 0 Å². The maximum Gasteiger partial charge on any atom is 0.243 e. The lowest BCUT2D eigenvalue weighted by molar-refractivity contribution is -0.130. The first-order valence-electron chi connectivity index (χ1n) is 13.3. The molecule has 0 fully saturated rings. The topological polar surface area (TPSA) is 151 Å². The molecule has 6 N–H and O–H groups in total. The summed E-state index contributed by atoms with van der Waals surface area (Å²) < 4.78 is 5.83. The van der Waals surface area contributed by atoms with E-state index in [0.717, 1.165) is 11.1 Å². The number of rotatable bonds is 15. The Kier molecular flexibility index (Phi) is 11.7. The molecule has 9 nitrogen and oxygen atoms in total. The van der Waals surface area contributed by atoms with Crippen LogP contribution in [0.1, 0.15) is 42.6 Å². The lowest BCUT2D eigenvalue weighted by Crippen LogP contribution is -2.53. The van der Waals surface area contributed by atoms with Crippen molar-refractivity contribution in [2.24, 2.45) is 11.7 Å². The van der Waals surface area contributed by atoms with Crippen LogP contribution in [-0.4, -0.2) is 46.6 Å². The molecule has 3 aromatic rings. The van der Waals surface area contributed by atoms with Crippen molar-refractivity contribution in [1.82, 2.24) is 10.6 Å². The summed E-state index contributed by atoms with van der Waals surface area (Å²) in [7, 11) is 0. The number of aliphatic hydroxyl groups is 2. The molecule has 0 aliphatic heterocycles. The van der Waals surface area contributed by atoms with Crippen molar-refractivity contribution < 1.29 is 29.3 Å². The van der Waals surface area contributed by atoms with Crippen LogP contribution in [0.2, 0.25) is 0 Å². The monoisotopic (exact) mass is 547 g/mol. The summed E-state index contributed by atoms with van der Waals surface area (Å²) in [4.78, 5) is 37.4. The first kappa shape index (κ1) is 30.3. The third kappa shape index (κ3) is 9.52. The van der Waals surface area contributed by atoms with Crippen molar-refractivity contribution >= 4 is 17.7 Å². The third-order valence-electron chi connectivity index (χ3n) is 6.60. The molecule has 40 heavy (non-hydrogen) atoms. The maximum atomic E-state index is 13.3. The molecule has 4 atom stereocenters. The van der Waals surface area contributed by atoms with E-state index in [0.29, 0.717) is 17.9 Å². The molecule has 0 radical (unpaired) electrons. The minimum atomic E-state index is -1.15. The molecule has 0 aliphatic rings. The molecule has 3 rings (SSSR count). The second-order valence-electron chi connectivity index (χ2n) is 9.74. The maximum absolute atomic E-state index is 13.3. The van der Waals surface area contributed by atoms with Crippen molar-refractivity contribution in [2.75, 3.05) is 6.61 Å². The van der Waals surface area contributed by atoms with Crippen molar-refractivity contribution in [3.8, 4) is 5.75 Å². The van der Waals surface area contributed by atoms with Gasteiger partial charge in [0.05, 0.1) is 12.6 Å². The zero-order valence-electron chi connectivity index (χ0n) is 22.5. The molecule has 3 aromatic carbocycles. The van der Waals surface area contributed by atoms with Gasteiger partial charge in [-0.2, -0.15) is 0 Å². The summed E-state index contributed by atoms with van der Waals surface area (Å²) in [5, 5.41) is 26.0. The number of nitrogens with one attached hydrogen (secondary N) is 2. The highest BCUT2D eigenvalue weighted by molar-refractivity contribution is 5.88. The number of aliphatic hydroxyl groups excluding tert-OH is 2. The smallest absolute Gasteiger partial charge is 0.243 e. The largest absolute Gasteiger partial charge is 0.489 e. The molecular weight excluding hydrogens is 510 g/mol. The van der Waals surface area contributed by atoms with Gasteiger partial charge in [0.25, 0.3) is 0 Å². The van der Waals surface area contributed by atoms with E-state index < -0.39 is 48.4 Å². The lowest BCUT2D eigenvalue weighted by atomic mass is 10.0. The molecule has 3 amide bonds. The predicted molar refractivity (Wildman–Crippen MR) is 151 cm³/mol. The molecular formula is C31H37N3O6. The number of nitrogens with two attached hydrogens (primary N) is 1. The second kappa shape index (κ2) is 15.4. The zero-order chi connectivity index (χ0) is 28.9. The van der Waals surface area contributed by atoms with Gasteiger partial charge >= 0.3 is 0 Å². The van der Waals surface area contributed by atoms with Crippen LogP contribution < -0.4 is 21.1 Å². The van der Waals surface area contributed by atoms with Crippen molar-refractivity contribution in [3.05, 3.63) is 102 Å². The van der Waals surface area contributed by atoms with E-state index in [1.54, 1.807) is 49.4 Å². The average molecular weight is 548 g/mol. The highest BCUT2D eigenvalue weighted by Crippen LogP contribution is 2.18. The van der Waals surface area contributed by atoms with Crippen LogP contribution in [0.4, 0.5) is 0 Å². The van der Waals surface area contributed by atoms with E-state index in [-0.39, 0.29) is 19.3 Å². The van der Waals surface area contributed by atoms with Crippen LogP contribution in [0.3, 0.4) is 0 Å². The lowest BCUT2D eigenvalue weighted by Gasteiger charge is -2.26. The Morgan fingerprint density at radius 3 is 2.10 bits per heavy atom. The number of carbonyl (C=O) groups is 3. The van der Waals surface area contributed by atoms with Crippen LogP contribution in [0.15, 0.2) is 84.9 Å². The Morgan fingerprint density at radius 1 is 0.875 bits per heavy atom. The van der Waals surface area contributed by atoms with Gasteiger partial charge in [0.1, 0.15) is 24.5 Å². The van der Waals surface area contributed by atoms with Gasteiger partial charge in [-0.1, -0.05) is 79.7 Å². The molecule has 9 heteroatoms. The Bertz CT molecular complexity index is 1220. The van der Waals surface area contributed by atoms with Gasteiger partial charge in [-0.25, -0.2) is 0 Å². The van der Waals surface area contributed by atoms with Crippen LogP contribution in [0.25, 0.3) is 0 Å². The molecule has 0 aliphatic carbocycles. The summed E-state index contributed by atoms with van der Waals surface area (Å²) in [5.74, 6) is -1.31. The van der Waals surface area contributed by atoms with Crippen molar-refractivity contribution in [2.45, 2.75) is 51.0 Å². The van der Waals surface area contributed by atoms with E-state index in [9.17, 15) is 24.6 Å². The Labute approximate surface area is 234 Å². The fourth-order valence-corrected chi connectivity index (χ4v) is 4.05. The van der Waals surface area contributed by atoms with Crippen LogP contribution in [0, 0.1) is 5.92 Å². The van der Waals surface area contributed by atoms with Gasteiger partial charge in [-0.3, -0.25) is 14.4 Å².